The van der Waals surface area contributed by atoms with Crippen LogP contribution < -0.4 is 5.73 Å². The molecule has 2 heterocycles. The average Bonchev–Trinajstić information content (AvgIpc) is 3.10. The number of hydrogen-bond acceptors (Lipinski definition) is 2. The maximum absolute atomic E-state index is 14.6. The molecule has 1 aromatic heterocycles. The number of H-pyrrole nitrogens is 1. The lowest BCUT2D eigenvalue weighted by molar-refractivity contribution is -0.147. The minimum Gasteiger partial charge on any atom is -0.361 e. The molecule has 0 radical (unpaired) electrons. The second-order valence-corrected chi connectivity index (χ2v) is 9.75. The van der Waals surface area contributed by atoms with Crippen LogP contribution in [0.15, 0.2) is 24.4 Å². The van der Waals surface area contributed by atoms with Gasteiger partial charge in [0.25, 0.3) is 0 Å². The number of likely N-dealkylation sites (tertiary alicyclic amines) is 1. The Hall–Kier alpha value is -1.88. The molecule has 29 heavy (non-hydrogen) atoms. The fourth-order valence-electron chi connectivity index (χ4n) is 5.89. The summed E-state index contributed by atoms with van der Waals surface area (Å²) in [4.78, 5) is 18.9. The molecule has 3 atom stereocenters. The molecule has 1 amide bonds. The summed E-state index contributed by atoms with van der Waals surface area (Å²) in [6, 6.07) is 5.10. The highest BCUT2D eigenvalue weighted by molar-refractivity contribution is 5.86. The van der Waals surface area contributed by atoms with Gasteiger partial charge in [-0.25, -0.2) is 4.39 Å². The van der Waals surface area contributed by atoms with E-state index in [0.717, 1.165) is 56.1 Å². The van der Waals surface area contributed by atoms with Crippen LogP contribution in [0.5, 0.6) is 0 Å². The number of amides is 1. The van der Waals surface area contributed by atoms with E-state index >= 15 is 0 Å². The zero-order valence-electron chi connectivity index (χ0n) is 17.9. The molecule has 3 N–H and O–H groups in total. The first-order chi connectivity index (χ1) is 13.8. The minimum atomic E-state index is -0.278. The summed E-state index contributed by atoms with van der Waals surface area (Å²) in [7, 11) is 0. The number of nitrogens with one attached hydrogen (secondary N) is 1. The van der Waals surface area contributed by atoms with Gasteiger partial charge in [0.15, 0.2) is 0 Å². The van der Waals surface area contributed by atoms with Crippen molar-refractivity contribution in [1.29, 1.82) is 0 Å². The van der Waals surface area contributed by atoms with E-state index in [1.807, 2.05) is 12.3 Å². The Balaban J connectivity index is 1.64. The van der Waals surface area contributed by atoms with Gasteiger partial charge in [-0.1, -0.05) is 32.8 Å². The Morgan fingerprint density at radius 3 is 2.72 bits per heavy atom. The van der Waals surface area contributed by atoms with Gasteiger partial charge in [-0.05, 0) is 62.1 Å². The van der Waals surface area contributed by atoms with E-state index in [9.17, 15) is 9.18 Å². The Morgan fingerprint density at radius 2 is 1.97 bits per heavy atom. The van der Waals surface area contributed by atoms with Crippen LogP contribution in [0.1, 0.15) is 77.2 Å². The molecule has 2 aromatic rings. The molecule has 158 valence electrons. The summed E-state index contributed by atoms with van der Waals surface area (Å²) in [5, 5.41) is 0.620. The predicted octanol–water partition coefficient (Wildman–Crippen LogP) is 5.09. The lowest BCUT2D eigenvalue weighted by Gasteiger charge is -2.59. The van der Waals surface area contributed by atoms with Crippen molar-refractivity contribution in [2.45, 2.75) is 82.7 Å². The molecule has 4 rings (SSSR count). The Bertz CT molecular complexity index is 903. The fraction of sp³-hybridized carbons (Fsp3) is 0.625. The standard InChI is InChI=1S/C24H34FN3O/c1-16(2)17(18-15-27-20-9-6-8-19(25)22(18)20)14-21(29)28-13-7-12-24(26)11-5-4-10-23(24,28)3/h6,8-9,15-17,27H,4-5,7,10-14,26H2,1-3H3. The van der Waals surface area contributed by atoms with Gasteiger partial charge in [0.1, 0.15) is 5.82 Å². The van der Waals surface area contributed by atoms with E-state index in [1.165, 1.54) is 6.07 Å². The largest absolute Gasteiger partial charge is 0.361 e. The van der Waals surface area contributed by atoms with Crippen LogP contribution in [-0.4, -0.2) is 33.4 Å². The molecule has 5 heteroatoms. The van der Waals surface area contributed by atoms with Crippen molar-refractivity contribution in [2.75, 3.05) is 6.54 Å². The Labute approximate surface area is 173 Å². The van der Waals surface area contributed by atoms with Gasteiger partial charge in [0.05, 0.1) is 5.54 Å². The van der Waals surface area contributed by atoms with E-state index in [2.05, 4.69) is 30.7 Å². The Morgan fingerprint density at radius 1 is 1.24 bits per heavy atom. The normalized spacial score (nSPS) is 28.6. The molecule has 3 unspecified atom stereocenters. The van der Waals surface area contributed by atoms with E-state index in [1.54, 1.807) is 6.07 Å². The van der Waals surface area contributed by atoms with E-state index < -0.39 is 0 Å². The van der Waals surface area contributed by atoms with Gasteiger partial charge >= 0.3 is 0 Å². The number of carbonyl (C=O) groups is 1. The van der Waals surface area contributed by atoms with Crippen molar-refractivity contribution in [3.8, 4) is 0 Å². The highest BCUT2D eigenvalue weighted by atomic mass is 19.1. The SMILES string of the molecule is CC(C)C(CC(=O)N1CCCC2(N)CCCCC12C)c1c[nH]c2cccc(F)c12. The van der Waals surface area contributed by atoms with Crippen LogP contribution >= 0.6 is 0 Å². The maximum atomic E-state index is 14.6. The van der Waals surface area contributed by atoms with Crippen molar-refractivity contribution < 1.29 is 9.18 Å². The summed E-state index contributed by atoms with van der Waals surface area (Å²) < 4.78 is 14.6. The fourth-order valence-corrected chi connectivity index (χ4v) is 5.89. The van der Waals surface area contributed by atoms with Crippen LogP contribution in [-0.2, 0) is 4.79 Å². The van der Waals surface area contributed by atoms with Crippen molar-refractivity contribution >= 4 is 16.8 Å². The third-order valence-electron chi connectivity index (χ3n) is 7.79. The first kappa shape index (κ1) is 20.4. The van der Waals surface area contributed by atoms with Gasteiger partial charge < -0.3 is 15.6 Å². The molecule has 1 aliphatic carbocycles. The minimum absolute atomic E-state index is 0.0329. The van der Waals surface area contributed by atoms with E-state index in [-0.39, 0.29) is 34.6 Å². The molecule has 4 nitrogen and oxygen atoms in total. The quantitative estimate of drug-likeness (QED) is 0.752. The van der Waals surface area contributed by atoms with Crippen LogP contribution in [0.2, 0.25) is 0 Å². The van der Waals surface area contributed by atoms with Gasteiger partial charge in [0, 0.05) is 35.6 Å². The van der Waals surface area contributed by atoms with Crippen LogP contribution in [0.4, 0.5) is 4.39 Å². The number of benzene rings is 1. The maximum Gasteiger partial charge on any atom is 0.223 e. The van der Waals surface area contributed by atoms with Crippen molar-refractivity contribution in [1.82, 2.24) is 9.88 Å². The number of piperidine rings is 1. The van der Waals surface area contributed by atoms with Crippen molar-refractivity contribution in [3.63, 3.8) is 0 Å². The highest BCUT2D eigenvalue weighted by Gasteiger charge is 2.53. The summed E-state index contributed by atoms with van der Waals surface area (Å²) in [5.74, 6) is 0.127. The number of hydrogen-bond donors (Lipinski definition) is 2. The number of nitrogens with two attached hydrogens (primary N) is 1. The zero-order valence-corrected chi connectivity index (χ0v) is 17.9. The summed E-state index contributed by atoms with van der Waals surface area (Å²) in [5.41, 5.74) is 8.01. The predicted molar refractivity (Wildman–Crippen MR) is 115 cm³/mol. The van der Waals surface area contributed by atoms with Gasteiger partial charge in [-0.2, -0.15) is 0 Å². The molecule has 1 aliphatic heterocycles. The van der Waals surface area contributed by atoms with Crippen LogP contribution in [0.25, 0.3) is 10.9 Å². The zero-order chi connectivity index (χ0) is 20.8. The lowest BCUT2D eigenvalue weighted by Crippen LogP contribution is -2.72. The smallest absolute Gasteiger partial charge is 0.223 e. The third kappa shape index (κ3) is 3.27. The summed E-state index contributed by atoms with van der Waals surface area (Å²) >= 11 is 0. The van der Waals surface area contributed by atoms with Crippen LogP contribution in [0, 0.1) is 11.7 Å². The van der Waals surface area contributed by atoms with Crippen molar-refractivity contribution in [2.24, 2.45) is 11.7 Å². The number of fused-ring (bicyclic) bond motifs is 2. The average molecular weight is 400 g/mol. The molecular formula is C24H34FN3O. The van der Waals surface area contributed by atoms with Gasteiger partial charge in [-0.15, -0.1) is 0 Å². The van der Waals surface area contributed by atoms with Gasteiger partial charge in [0.2, 0.25) is 5.91 Å². The molecule has 1 aromatic carbocycles. The number of carbonyl (C=O) groups excluding carboxylic acids is 1. The molecule has 1 saturated carbocycles. The monoisotopic (exact) mass is 399 g/mol. The summed E-state index contributed by atoms with van der Waals surface area (Å²) in [6.07, 6.45) is 8.48. The molecule has 0 spiro atoms. The summed E-state index contributed by atoms with van der Waals surface area (Å²) in [6.45, 7) is 7.20. The Kier molecular flexibility index (Phi) is 5.22. The van der Waals surface area contributed by atoms with E-state index in [0.29, 0.717) is 11.8 Å². The molecule has 2 fully saturated rings. The lowest BCUT2D eigenvalue weighted by atomic mass is 9.63. The molecule has 2 aliphatic rings. The first-order valence-corrected chi connectivity index (χ1v) is 11.1. The number of aromatic amines is 1. The molecule has 0 bridgehead atoms. The molecule has 1 saturated heterocycles. The number of rotatable bonds is 4. The highest BCUT2D eigenvalue weighted by Crippen LogP contribution is 2.46. The van der Waals surface area contributed by atoms with Crippen molar-refractivity contribution in [3.05, 3.63) is 35.8 Å². The number of halogens is 1. The topological polar surface area (TPSA) is 62.1 Å². The van der Waals surface area contributed by atoms with Gasteiger partial charge in [-0.3, -0.25) is 4.79 Å². The molecular weight excluding hydrogens is 365 g/mol. The second kappa shape index (κ2) is 7.42. The first-order valence-electron chi connectivity index (χ1n) is 11.1. The van der Waals surface area contributed by atoms with Crippen LogP contribution in [0.3, 0.4) is 0 Å². The third-order valence-corrected chi connectivity index (χ3v) is 7.79. The second-order valence-electron chi connectivity index (χ2n) is 9.75. The van der Waals surface area contributed by atoms with E-state index in [4.69, 9.17) is 5.73 Å². The number of nitrogens with zero attached hydrogens (tertiary/aromatic N) is 1. The number of aromatic nitrogens is 1.